The first-order chi connectivity index (χ1) is 26.7. The summed E-state index contributed by atoms with van der Waals surface area (Å²) in [5.41, 5.74) is 0. The van der Waals surface area contributed by atoms with Crippen molar-refractivity contribution in [1.29, 1.82) is 0 Å². The van der Waals surface area contributed by atoms with Gasteiger partial charge in [-0.2, -0.15) is 0 Å². The summed E-state index contributed by atoms with van der Waals surface area (Å²) in [6, 6.07) is 31.9. The molecule has 2 bridgehead atoms. The van der Waals surface area contributed by atoms with E-state index in [1.807, 2.05) is 30.4 Å². The predicted molar refractivity (Wildman–Crippen MR) is 224 cm³/mol. The quantitative estimate of drug-likeness (QED) is 0.0442. The van der Waals surface area contributed by atoms with Gasteiger partial charge in [-0.05, 0) is 38.0 Å². The second-order valence-electron chi connectivity index (χ2n) is 14.4. The average molecular weight is 768 g/mol. The van der Waals surface area contributed by atoms with Crippen LogP contribution in [-0.4, -0.2) is 58.8 Å². The summed E-state index contributed by atoms with van der Waals surface area (Å²) >= 11 is 0. The molecule has 5 rings (SSSR count). The van der Waals surface area contributed by atoms with Gasteiger partial charge in [0.2, 0.25) is 5.91 Å². The molecule has 8 nitrogen and oxygen atoms in total. The van der Waals surface area contributed by atoms with Gasteiger partial charge in [-0.25, -0.2) is 4.79 Å². The fraction of sp³-hybridized carbons (Fsp3) is 0.391. The van der Waals surface area contributed by atoms with E-state index in [2.05, 4.69) is 91.1 Å². The summed E-state index contributed by atoms with van der Waals surface area (Å²) in [5.74, 6) is -0.922. The van der Waals surface area contributed by atoms with Gasteiger partial charge in [-0.3, -0.25) is 9.59 Å². The standard InChI is InChI=1S/C23H35NO5.C23H23O2P/c1-2-3-6-9-17(25)12-15-22(26)24-16-19-18(20-13-14-21(19)29-20)10-7-4-5-8-11-23(27)28;24-23(25)18-10-11-19-26(20-12-4-1-5-13-20,21-14-6-2-7-15-21)22-16-8-3-9-17-22/h4,7-8,11,18-21H,2-3,5-6,9-10,12-16H2,1H3,(H,24,26)(H,27,28);1-17,26H,18-19H2,(H,24,25)/b7-4-,11-8+;/t18-,19+,20-,21+;/m1./s1. The Kier molecular flexibility index (Phi) is 18.3. The summed E-state index contributed by atoms with van der Waals surface area (Å²) in [7, 11) is -2.28. The maximum absolute atomic E-state index is 12.2. The zero-order valence-electron chi connectivity index (χ0n) is 32.1. The number of carbonyl (C=O) groups is 4. The molecule has 294 valence electrons. The van der Waals surface area contributed by atoms with E-state index in [9.17, 15) is 19.2 Å². The van der Waals surface area contributed by atoms with E-state index >= 15 is 0 Å². The molecule has 9 heteroatoms. The third-order valence-corrected chi connectivity index (χ3v) is 15.4. The van der Waals surface area contributed by atoms with Crippen LogP contribution in [-0.2, 0) is 23.9 Å². The second kappa shape index (κ2) is 23.3. The first kappa shape index (κ1) is 43.1. The molecular formula is C46H58NO7P. The Bertz CT molecular complexity index is 1630. The van der Waals surface area contributed by atoms with Crippen LogP contribution < -0.4 is 21.2 Å². The first-order valence-corrected chi connectivity index (χ1v) is 22.0. The number of amides is 1. The number of hydrogen-bond donors (Lipinski definition) is 3. The molecule has 4 atom stereocenters. The fourth-order valence-electron chi connectivity index (χ4n) is 7.81. The molecule has 0 radical (unpaired) electrons. The number of unbranched alkanes of at least 4 members (excludes halogenated alkanes) is 2. The molecular weight excluding hydrogens is 709 g/mol. The third-order valence-electron chi connectivity index (χ3n) is 10.6. The number of aliphatic carboxylic acids is 2. The molecule has 2 aliphatic heterocycles. The van der Waals surface area contributed by atoms with E-state index in [0.717, 1.165) is 50.8 Å². The number of carbonyl (C=O) groups excluding carboxylic acids is 2. The van der Waals surface area contributed by atoms with Crippen molar-refractivity contribution in [3.8, 4) is 0 Å². The van der Waals surface area contributed by atoms with Crippen LogP contribution >= 0.6 is 7.26 Å². The fourth-order valence-corrected chi connectivity index (χ4v) is 12.3. The molecule has 3 N–H and O–H groups in total. The van der Waals surface area contributed by atoms with Crippen molar-refractivity contribution >= 4 is 46.8 Å². The molecule has 0 spiro atoms. The van der Waals surface area contributed by atoms with Crippen molar-refractivity contribution in [2.75, 3.05) is 12.7 Å². The van der Waals surface area contributed by atoms with Crippen molar-refractivity contribution in [3.05, 3.63) is 127 Å². The van der Waals surface area contributed by atoms with Crippen molar-refractivity contribution in [3.63, 3.8) is 0 Å². The molecule has 1 amide bonds. The molecule has 0 saturated carbocycles. The Balaban J connectivity index is 0.000000246. The number of Topliss-reactive ketones (excluding diaryl/α,β-unsaturated/α-hetero) is 1. The van der Waals surface area contributed by atoms with Gasteiger partial charge in [0.25, 0.3) is 0 Å². The Morgan fingerprint density at radius 1 is 0.709 bits per heavy atom. The number of carboxylic acid groups (broad SMARTS) is 2. The Hall–Kier alpha value is -4.65. The topological polar surface area (TPSA) is 130 Å². The molecule has 2 saturated heterocycles. The minimum absolute atomic E-state index is 0.0512. The number of allylic oxidation sites excluding steroid dienone is 4. The van der Waals surface area contributed by atoms with Crippen LogP contribution in [0.1, 0.15) is 77.6 Å². The van der Waals surface area contributed by atoms with Crippen LogP contribution in [0.2, 0.25) is 0 Å². The van der Waals surface area contributed by atoms with Crippen LogP contribution in [0, 0.1) is 11.8 Å². The molecule has 2 aliphatic rings. The SMILES string of the molecule is CCCCCC(=O)CCC(=O)NC[C@H]1[C@@H](C/C=C\C/C=C/C(=O)O)[C@H]2CC[C@@H]1O2.O=C(O)CC=CC[PH](c1ccccc1)(c1ccccc1)c1ccccc1. The van der Waals surface area contributed by atoms with Crippen LogP contribution in [0.5, 0.6) is 0 Å². The van der Waals surface area contributed by atoms with E-state index in [0.29, 0.717) is 37.6 Å². The normalized spacial score (nSPS) is 19.4. The third kappa shape index (κ3) is 13.6. The molecule has 0 unspecified atom stereocenters. The van der Waals surface area contributed by atoms with Gasteiger partial charge in [-0.1, -0.05) is 38.0 Å². The van der Waals surface area contributed by atoms with Gasteiger partial charge in [0.15, 0.2) is 0 Å². The second-order valence-corrected chi connectivity index (χ2v) is 18.3. The summed E-state index contributed by atoms with van der Waals surface area (Å²) in [5, 5.41) is 24.5. The Morgan fingerprint density at radius 2 is 1.29 bits per heavy atom. The molecule has 3 aromatic carbocycles. The maximum atomic E-state index is 12.2. The van der Waals surface area contributed by atoms with Crippen LogP contribution in [0.25, 0.3) is 0 Å². The summed E-state index contributed by atoms with van der Waals surface area (Å²) in [6.07, 6.45) is 19.9. The number of hydrogen-bond acceptors (Lipinski definition) is 5. The number of ether oxygens (including phenoxy) is 1. The van der Waals surface area contributed by atoms with E-state index in [1.165, 1.54) is 15.9 Å². The van der Waals surface area contributed by atoms with Gasteiger partial charge in [0.05, 0.1) is 12.2 Å². The number of ketones is 1. The zero-order chi connectivity index (χ0) is 39.3. The summed E-state index contributed by atoms with van der Waals surface area (Å²) < 4.78 is 6.06. The summed E-state index contributed by atoms with van der Waals surface area (Å²) in [4.78, 5) is 45.3. The molecule has 3 aromatic rings. The molecule has 0 aromatic heterocycles. The van der Waals surface area contributed by atoms with Crippen LogP contribution in [0.4, 0.5) is 0 Å². The molecule has 2 heterocycles. The van der Waals surface area contributed by atoms with Crippen LogP contribution in [0.15, 0.2) is 127 Å². The predicted octanol–water partition coefficient (Wildman–Crippen LogP) is 7.55. The average Bonchev–Trinajstić information content (AvgIpc) is 3.81. The molecule has 0 aliphatic carbocycles. The Morgan fingerprint density at radius 3 is 1.84 bits per heavy atom. The monoisotopic (exact) mass is 767 g/mol. The van der Waals surface area contributed by atoms with Crippen molar-refractivity contribution in [2.24, 2.45) is 11.8 Å². The Labute approximate surface area is 327 Å². The van der Waals surface area contributed by atoms with Gasteiger partial charge >= 0.3 is 161 Å². The minimum atomic E-state index is -2.28. The zero-order valence-corrected chi connectivity index (χ0v) is 33.1. The van der Waals surface area contributed by atoms with Gasteiger partial charge in [0.1, 0.15) is 5.78 Å². The summed E-state index contributed by atoms with van der Waals surface area (Å²) in [6.45, 7) is 2.71. The van der Waals surface area contributed by atoms with Crippen LogP contribution in [0.3, 0.4) is 0 Å². The van der Waals surface area contributed by atoms with E-state index < -0.39 is 19.2 Å². The van der Waals surface area contributed by atoms with Crippen molar-refractivity contribution < 1.29 is 34.1 Å². The van der Waals surface area contributed by atoms with Gasteiger partial charge < -0.3 is 15.2 Å². The van der Waals surface area contributed by atoms with Gasteiger partial charge in [0, 0.05) is 37.8 Å². The van der Waals surface area contributed by atoms with Crippen molar-refractivity contribution in [2.45, 2.75) is 89.8 Å². The number of rotatable bonds is 21. The van der Waals surface area contributed by atoms with Gasteiger partial charge in [-0.15, -0.1) is 0 Å². The number of benzene rings is 3. The number of fused-ring (bicyclic) bond motifs is 2. The van der Waals surface area contributed by atoms with E-state index in [1.54, 1.807) is 12.2 Å². The number of nitrogens with one attached hydrogen (secondary N) is 1. The van der Waals surface area contributed by atoms with E-state index in [-0.39, 0.29) is 36.7 Å². The first-order valence-electron chi connectivity index (χ1n) is 19.8. The number of carboxylic acids is 2. The molecule has 55 heavy (non-hydrogen) atoms. The molecule has 2 fully saturated rings. The van der Waals surface area contributed by atoms with E-state index in [4.69, 9.17) is 14.9 Å². The van der Waals surface area contributed by atoms with Crippen molar-refractivity contribution in [1.82, 2.24) is 5.32 Å².